The van der Waals surface area contributed by atoms with Crippen molar-refractivity contribution in [3.05, 3.63) is 23.8 Å². The Morgan fingerprint density at radius 2 is 1.93 bits per heavy atom. The number of ether oxygens (including phenoxy) is 3. The molecule has 2 rings (SSSR count). The lowest BCUT2D eigenvalue weighted by Gasteiger charge is -2.17. The molecule has 0 saturated heterocycles. The Morgan fingerprint density at radius 3 is 2.59 bits per heavy atom. The van der Waals surface area contributed by atoms with E-state index in [1.165, 1.54) is 12.8 Å². The highest BCUT2D eigenvalue weighted by Crippen LogP contribution is 2.32. The van der Waals surface area contributed by atoms with E-state index >= 15 is 0 Å². The molecule has 0 amide bonds. The number of aliphatic imine (C=N–C) groups is 1. The molecule has 0 spiro atoms. The molecule has 0 aliphatic heterocycles. The van der Waals surface area contributed by atoms with Crippen molar-refractivity contribution in [2.45, 2.75) is 52.2 Å². The monoisotopic (exact) mass is 491 g/mol. The molecule has 0 unspecified atom stereocenters. The third-order valence-electron chi connectivity index (χ3n) is 4.33. The summed E-state index contributed by atoms with van der Waals surface area (Å²) in [7, 11) is 1.68. The quantitative estimate of drug-likeness (QED) is 0.226. The van der Waals surface area contributed by atoms with Crippen LogP contribution in [-0.4, -0.2) is 45.5 Å². The van der Waals surface area contributed by atoms with Crippen LogP contribution in [0.2, 0.25) is 0 Å². The van der Waals surface area contributed by atoms with Crippen LogP contribution in [0.5, 0.6) is 11.5 Å². The van der Waals surface area contributed by atoms with E-state index in [1.807, 2.05) is 25.1 Å². The molecule has 1 fully saturated rings. The Bertz CT molecular complexity index is 563. The largest absolute Gasteiger partial charge is 0.493 e. The summed E-state index contributed by atoms with van der Waals surface area (Å²) in [5.41, 5.74) is 1.10. The van der Waals surface area contributed by atoms with Crippen molar-refractivity contribution in [2.75, 3.05) is 33.4 Å². The van der Waals surface area contributed by atoms with Crippen LogP contribution in [0.4, 0.5) is 0 Å². The van der Waals surface area contributed by atoms with E-state index in [4.69, 9.17) is 14.2 Å². The zero-order valence-corrected chi connectivity index (χ0v) is 19.1. The van der Waals surface area contributed by atoms with Gasteiger partial charge in [0.2, 0.25) is 0 Å². The van der Waals surface area contributed by atoms with Crippen LogP contribution < -0.4 is 20.1 Å². The number of methoxy groups -OCH3 is 1. The van der Waals surface area contributed by atoms with Crippen molar-refractivity contribution in [1.29, 1.82) is 0 Å². The molecular formula is C20H34IN3O3. The fraction of sp³-hybridized carbons (Fsp3) is 0.650. The van der Waals surface area contributed by atoms with Crippen LogP contribution in [0.25, 0.3) is 0 Å². The van der Waals surface area contributed by atoms with Gasteiger partial charge in [-0.2, -0.15) is 0 Å². The van der Waals surface area contributed by atoms with E-state index in [9.17, 15) is 0 Å². The fourth-order valence-corrected chi connectivity index (χ4v) is 3.00. The van der Waals surface area contributed by atoms with E-state index in [2.05, 4.69) is 22.5 Å². The highest BCUT2D eigenvalue weighted by molar-refractivity contribution is 14.0. The minimum absolute atomic E-state index is 0. The van der Waals surface area contributed by atoms with E-state index in [1.54, 1.807) is 7.11 Å². The van der Waals surface area contributed by atoms with Crippen molar-refractivity contribution in [1.82, 2.24) is 10.6 Å². The Balaban J connectivity index is 0.00000364. The maximum absolute atomic E-state index is 6.16. The zero-order chi connectivity index (χ0) is 18.6. The summed E-state index contributed by atoms with van der Waals surface area (Å²) >= 11 is 0. The maximum Gasteiger partial charge on any atom is 0.191 e. The summed E-state index contributed by atoms with van der Waals surface area (Å²) in [5, 5.41) is 6.53. The molecule has 1 saturated carbocycles. The van der Waals surface area contributed by atoms with Crippen LogP contribution in [0.15, 0.2) is 23.2 Å². The van der Waals surface area contributed by atoms with Gasteiger partial charge in [-0.3, -0.25) is 0 Å². The van der Waals surface area contributed by atoms with Crippen LogP contribution in [0, 0.1) is 0 Å². The second-order valence-corrected chi connectivity index (χ2v) is 6.33. The third-order valence-corrected chi connectivity index (χ3v) is 4.33. The van der Waals surface area contributed by atoms with Crippen molar-refractivity contribution in [3.8, 4) is 11.5 Å². The van der Waals surface area contributed by atoms with Crippen molar-refractivity contribution in [2.24, 2.45) is 4.99 Å². The molecule has 2 N–H and O–H groups in total. The molecule has 6 nitrogen and oxygen atoms in total. The molecule has 7 heteroatoms. The second kappa shape index (κ2) is 13.9. The lowest BCUT2D eigenvalue weighted by molar-refractivity contribution is 0.152. The number of hydrogen-bond donors (Lipinski definition) is 2. The molecule has 1 aromatic rings. The summed E-state index contributed by atoms with van der Waals surface area (Å²) in [6.07, 6.45) is 5.05. The van der Waals surface area contributed by atoms with Crippen LogP contribution in [-0.2, 0) is 11.3 Å². The van der Waals surface area contributed by atoms with Crippen LogP contribution >= 0.6 is 24.0 Å². The Morgan fingerprint density at radius 1 is 1.15 bits per heavy atom. The van der Waals surface area contributed by atoms with E-state index in [0.29, 0.717) is 19.3 Å². The van der Waals surface area contributed by atoms with Gasteiger partial charge < -0.3 is 24.8 Å². The SMILES string of the molecule is CCNC(=NCc1ccc(OC)c(OC2CCCC2)c1)NCCOCC.I. The first-order valence-electron chi connectivity index (χ1n) is 9.70. The topological polar surface area (TPSA) is 64.1 Å². The zero-order valence-electron chi connectivity index (χ0n) is 16.8. The molecular weight excluding hydrogens is 457 g/mol. The van der Waals surface area contributed by atoms with Gasteiger partial charge in [0.25, 0.3) is 0 Å². The van der Waals surface area contributed by atoms with Gasteiger partial charge in [0.15, 0.2) is 17.5 Å². The molecule has 0 heterocycles. The number of rotatable bonds is 10. The number of hydrogen-bond acceptors (Lipinski definition) is 4. The average Bonchev–Trinajstić information content (AvgIpc) is 3.16. The third kappa shape index (κ3) is 8.55. The molecule has 0 atom stereocenters. The first kappa shape index (κ1) is 23.8. The number of nitrogens with zero attached hydrogens (tertiary/aromatic N) is 1. The minimum atomic E-state index is 0. The van der Waals surface area contributed by atoms with Gasteiger partial charge >= 0.3 is 0 Å². The molecule has 0 bridgehead atoms. The fourth-order valence-electron chi connectivity index (χ4n) is 3.00. The maximum atomic E-state index is 6.16. The van der Waals surface area contributed by atoms with E-state index < -0.39 is 0 Å². The summed E-state index contributed by atoms with van der Waals surface area (Å²) in [5.74, 6) is 2.40. The van der Waals surface area contributed by atoms with Gasteiger partial charge in [0, 0.05) is 19.7 Å². The summed E-state index contributed by atoms with van der Waals surface area (Å²) in [4.78, 5) is 4.65. The molecule has 1 aliphatic rings. The summed E-state index contributed by atoms with van der Waals surface area (Å²) < 4.78 is 17.0. The van der Waals surface area contributed by atoms with Gasteiger partial charge in [-0.15, -0.1) is 24.0 Å². The lowest BCUT2D eigenvalue weighted by atomic mass is 10.2. The van der Waals surface area contributed by atoms with Crippen LogP contribution in [0.1, 0.15) is 45.1 Å². The predicted octanol–water partition coefficient (Wildman–Crippen LogP) is 3.73. The van der Waals surface area contributed by atoms with Crippen molar-refractivity contribution < 1.29 is 14.2 Å². The summed E-state index contributed by atoms with van der Waals surface area (Å²) in [6, 6.07) is 6.04. The Hall–Kier alpha value is -1.22. The number of guanidine groups is 1. The van der Waals surface area contributed by atoms with Gasteiger partial charge in [0.1, 0.15) is 0 Å². The van der Waals surface area contributed by atoms with Gasteiger partial charge in [-0.25, -0.2) is 4.99 Å². The summed E-state index contributed by atoms with van der Waals surface area (Å²) in [6.45, 7) is 7.58. The Labute approximate surface area is 180 Å². The normalized spacial score (nSPS) is 14.6. The van der Waals surface area contributed by atoms with Crippen LogP contribution in [0.3, 0.4) is 0 Å². The molecule has 27 heavy (non-hydrogen) atoms. The Kier molecular flexibility index (Phi) is 12.2. The predicted molar refractivity (Wildman–Crippen MR) is 121 cm³/mol. The standard InChI is InChI=1S/C20H33N3O3.HI/c1-4-21-20(22-12-13-25-5-2)23-15-16-10-11-18(24-3)19(14-16)26-17-8-6-7-9-17;/h10-11,14,17H,4-9,12-13,15H2,1-3H3,(H2,21,22,23);1H. The lowest BCUT2D eigenvalue weighted by Crippen LogP contribution is -2.39. The van der Waals surface area contributed by atoms with Crippen molar-refractivity contribution >= 4 is 29.9 Å². The molecule has 1 aliphatic carbocycles. The van der Waals surface area contributed by atoms with Crippen molar-refractivity contribution in [3.63, 3.8) is 0 Å². The average molecular weight is 491 g/mol. The van der Waals surface area contributed by atoms with E-state index in [0.717, 1.165) is 55.6 Å². The molecule has 1 aromatic carbocycles. The van der Waals surface area contributed by atoms with E-state index in [-0.39, 0.29) is 24.0 Å². The number of benzene rings is 1. The van der Waals surface area contributed by atoms with Gasteiger partial charge in [-0.05, 0) is 57.2 Å². The smallest absolute Gasteiger partial charge is 0.191 e. The number of halogens is 1. The first-order valence-corrected chi connectivity index (χ1v) is 9.70. The second-order valence-electron chi connectivity index (χ2n) is 6.33. The first-order chi connectivity index (χ1) is 12.8. The van der Waals surface area contributed by atoms with Gasteiger partial charge in [-0.1, -0.05) is 6.07 Å². The highest BCUT2D eigenvalue weighted by Gasteiger charge is 2.18. The molecule has 0 aromatic heterocycles. The van der Waals surface area contributed by atoms with Gasteiger partial charge in [0.05, 0.1) is 26.4 Å². The highest BCUT2D eigenvalue weighted by atomic mass is 127. The molecule has 154 valence electrons. The molecule has 0 radical (unpaired) electrons. The minimum Gasteiger partial charge on any atom is -0.493 e. The number of nitrogens with one attached hydrogen (secondary N) is 2.